The quantitative estimate of drug-likeness (QED) is 0.166. The maximum atomic E-state index is 13.1. The number of nitrogens with zero attached hydrogens (tertiary/aromatic N) is 2. The Balaban J connectivity index is 1.48. The molecular weight excluding hydrogens is 547 g/mol. The van der Waals surface area contributed by atoms with Gasteiger partial charge in [-0.25, -0.2) is 5.01 Å². The first kappa shape index (κ1) is 33.1. The first-order valence-electron chi connectivity index (χ1n) is 14.8. The Bertz CT molecular complexity index is 1120. The van der Waals surface area contributed by atoms with E-state index in [1.165, 1.54) is 50.7 Å². The predicted molar refractivity (Wildman–Crippen MR) is 160 cm³/mol. The van der Waals surface area contributed by atoms with Crippen LogP contribution in [0.4, 0.5) is 18.9 Å². The van der Waals surface area contributed by atoms with E-state index in [-0.39, 0.29) is 5.91 Å². The molecule has 0 bridgehead atoms. The molecule has 1 aliphatic rings. The highest BCUT2D eigenvalue weighted by molar-refractivity contribution is 5.91. The predicted octanol–water partition coefficient (Wildman–Crippen LogP) is 7.11. The molecule has 1 aliphatic heterocycles. The third-order valence-corrected chi connectivity index (χ3v) is 7.24. The Morgan fingerprint density at radius 1 is 0.905 bits per heavy atom. The highest BCUT2D eigenvalue weighted by Crippen LogP contribution is 2.39. The Hall–Kier alpha value is -3.40. The van der Waals surface area contributed by atoms with Crippen LogP contribution in [0.2, 0.25) is 0 Å². The van der Waals surface area contributed by atoms with E-state index in [0.717, 1.165) is 25.0 Å². The molecule has 3 rings (SSSR count). The molecule has 10 heteroatoms. The summed E-state index contributed by atoms with van der Waals surface area (Å²) in [5, 5.41) is 1.76. The smallest absolute Gasteiger partial charge is 0.416 e. The maximum Gasteiger partial charge on any atom is 0.416 e. The van der Waals surface area contributed by atoms with Gasteiger partial charge in [0, 0.05) is 37.9 Å². The van der Waals surface area contributed by atoms with Gasteiger partial charge in [0.15, 0.2) is 11.5 Å². The molecule has 2 aromatic rings. The molecular formula is C32H44F3N3O4. The van der Waals surface area contributed by atoms with Crippen molar-refractivity contribution in [2.45, 2.75) is 64.5 Å². The largest absolute Gasteiger partial charge is 0.493 e. The number of nitrogens with one attached hydrogen (secondary N) is 1. The molecule has 1 N–H and O–H groups in total. The summed E-state index contributed by atoms with van der Waals surface area (Å²) in [6.07, 6.45) is 8.43. The zero-order valence-electron chi connectivity index (χ0n) is 25.0. The molecule has 0 aliphatic carbocycles. The topological polar surface area (TPSA) is 63.3 Å². The minimum Gasteiger partial charge on any atom is -0.493 e. The van der Waals surface area contributed by atoms with Gasteiger partial charge in [-0.2, -0.15) is 13.2 Å². The number of carbonyl (C=O) groups is 1. The SMILES string of the molecule is CCCCCCCCCCOc1c(OC)cc(/C=C/C(=O)NN2CCN(c3cccc(C(F)(F)F)c3)CC2)cc1OC. The molecule has 42 heavy (non-hydrogen) atoms. The Labute approximate surface area is 247 Å². The van der Waals surface area contributed by atoms with Gasteiger partial charge in [0.1, 0.15) is 0 Å². The van der Waals surface area contributed by atoms with Crippen molar-refractivity contribution in [3.8, 4) is 17.2 Å². The van der Waals surface area contributed by atoms with Crippen LogP contribution in [0, 0.1) is 0 Å². The lowest BCUT2D eigenvalue weighted by Crippen LogP contribution is -2.53. The second-order valence-electron chi connectivity index (χ2n) is 10.4. The number of carbonyl (C=O) groups excluding carboxylic acids is 1. The minimum atomic E-state index is -4.38. The van der Waals surface area contributed by atoms with Crippen LogP contribution in [-0.4, -0.2) is 57.9 Å². The minimum absolute atomic E-state index is 0.310. The number of rotatable bonds is 16. The van der Waals surface area contributed by atoms with E-state index >= 15 is 0 Å². The number of hydrogen-bond donors (Lipinski definition) is 1. The molecule has 0 radical (unpaired) electrons. The molecule has 1 fully saturated rings. The van der Waals surface area contributed by atoms with Crippen LogP contribution in [0.5, 0.6) is 17.2 Å². The van der Waals surface area contributed by atoms with Gasteiger partial charge < -0.3 is 19.1 Å². The maximum absolute atomic E-state index is 13.1. The van der Waals surface area contributed by atoms with E-state index in [9.17, 15) is 18.0 Å². The van der Waals surface area contributed by atoms with Crippen molar-refractivity contribution in [1.29, 1.82) is 0 Å². The lowest BCUT2D eigenvalue weighted by Gasteiger charge is -2.36. The number of alkyl halides is 3. The van der Waals surface area contributed by atoms with Gasteiger partial charge in [0.25, 0.3) is 5.91 Å². The fourth-order valence-corrected chi connectivity index (χ4v) is 4.87. The van der Waals surface area contributed by atoms with Gasteiger partial charge in [-0.15, -0.1) is 0 Å². The third-order valence-electron chi connectivity index (χ3n) is 7.24. The van der Waals surface area contributed by atoms with E-state index in [0.29, 0.717) is 61.3 Å². The number of benzene rings is 2. The highest BCUT2D eigenvalue weighted by atomic mass is 19.4. The summed E-state index contributed by atoms with van der Waals surface area (Å²) in [4.78, 5) is 14.5. The molecule has 232 valence electrons. The fraction of sp³-hybridized carbons (Fsp3) is 0.531. The van der Waals surface area contributed by atoms with Crippen molar-refractivity contribution in [3.63, 3.8) is 0 Å². The van der Waals surface area contributed by atoms with Crippen LogP contribution in [0.15, 0.2) is 42.5 Å². The van der Waals surface area contributed by atoms with Crippen molar-refractivity contribution < 1.29 is 32.2 Å². The van der Waals surface area contributed by atoms with Crippen LogP contribution in [-0.2, 0) is 11.0 Å². The molecule has 1 heterocycles. The number of methoxy groups -OCH3 is 2. The van der Waals surface area contributed by atoms with E-state index in [1.54, 1.807) is 43.5 Å². The summed E-state index contributed by atoms with van der Waals surface area (Å²) in [7, 11) is 3.13. The first-order chi connectivity index (χ1) is 20.2. The van der Waals surface area contributed by atoms with E-state index in [2.05, 4.69) is 12.3 Å². The average molecular weight is 592 g/mol. The van der Waals surface area contributed by atoms with Gasteiger partial charge in [0.2, 0.25) is 5.75 Å². The standard InChI is InChI=1S/C32H44F3N3O4/c1-4-5-6-7-8-9-10-11-21-42-31-28(40-2)22-25(23-29(31)41-3)15-16-30(39)36-38-19-17-37(18-20-38)27-14-12-13-26(24-27)32(33,34)35/h12-16,22-24H,4-11,17-21H2,1-3H3,(H,36,39)/b16-15+. The highest BCUT2D eigenvalue weighted by Gasteiger charge is 2.31. The third kappa shape index (κ3) is 10.5. The van der Waals surface area contributed by atoms with Crippen molar-refractivity contribution in [1.82, 2.24) is 10.4 Å². The van der Waals surface area contributed by atoms with Gasteiger partial charge in [-0.3, -0.25) is 10.2 Å². The summed E-state index contributed by atoms with van der Waals surface area (Å²) in [6, 6.07) is 8.90. The summed E-state index contributed by atoms with van der Waals surface area (Å²) in [5.41, 5.74) is 3.40. The number of hydrogen-bond acceptors (Lipinski definition) is 6. The Morgan fingerprint density at radius 3 is 2.12 bits per heavy atom. The van der Waals surface area contributed by atoms with Crippen LogP contribution in [0.1, 0.15) is 69.4 Å². The molecule has 0 saturated carbocycles. The van der Waals surface area contributed by atoms with Gasteiger partial charge in [-0.05, 0) is 48.4 Å². The number of anilines is 1. The number of halogens is 3. The summed E-state index contributed by atoms with van der Waals surface area (Å²) in [5.74, 6) is 1.29. The monoisotopic (exact) mass is 591 g/mol. The van der Waals surface area contributed by atoms with Crippen molar-refractivity contribution >= 4 is 17.7 Å². The lowest BCUT2D eigenvalue weighted by atomic mass is 10.1. The molecule has 7 nitrogen and oxygen atoms in total. The van der Waals surface area contributed by atoms with E-state index in [4.69, 9.17) is 14.2 Å². The van der Waals surface area contributed by atoms with Crippen LogP contribution >= 0.6 is 0 Å². The van der Waals surface area contributed by atoms with Gasteiger partial charge in [-0.1, -0.05) is 57.9 Å². The number of unbranched alkanes of at least 4 members (excludes halogenated alkanes) is 7. The number of hydrazine groups is 1. The van der Waals surface area contributed by atoms with Crippen LogP contribution < -0.4 is 24.5 Å². The molecule has 2 aromatic carbocycles. The van der Waals surface area contributed by atoms with Crippen molar-refractivity contribution in [2.75, 3.05) is 51.9 Å². The molecule has 1 amide bonds. The molecule has 1 saturated heterocycles. The first-order valence-corrected chi connectivity index (χ1v) is 14.8. The number of amides is 1. The summed E-state index contributed by atoms with van der Waals surface area (Å²) >= 11 is 0. The molecule has 0 spiro atoms. The molecule has 0 unspecified atom stereocenters. The second kappa shape index (κ2) is 16.9. The zero-order valence-corrected chi connectivity index (χ0v) is 25.0. The zero-order chi connectivity index (χ0) is 30.4. The summed E-state index contributed by atoms with van der Waals surface area (Å²) < 4.78 is 56.3. The van der Waals surface area contributed by atoms with E-state index < -0.39 is 11.7 Å². The average Bonchev–Trinajstić information content (AvgIpc) is 2.99. The number of ether oxygens (including phenoxy) is 3. The normalized spacial score (nSPS) is 14.3. The number of piperazine rings is 1. The fourth-order valence-electron chi connectivity index (χ4n) is 4.87. The lowest BCUT2D eigenvalue weighted by molar-refractivity contribution is -0.137. The van der Waals surface area contributed by atoms with Crippen LogP contribution in [0.25, 0.3) is 6.08 Å². The Kier molecular flexibility index (Phi) is 13.3. The summed E-state index contributed by atoms with van der Waals surface area (Å²) in [6.45, 7) is 4.72. The van der Waals surface area contributed by atoms with Crippen molar-refractivity contribution in [3.05, 3.63) is 53.6 Å². The van der Waals surface area contributed by atoms with Crippen LogP contribution in [0.3, 0.4) is 0 Å². The molecule has 0 atom stereocenters. The van der Waals surface area contributed by atoms with Gasteiger partial charge in [0.05, 0.1) is 26.4 Å². The Morgan fingerprint density at radius 2 is 1.52 bits per heavy atom. The molecule has 0 aromatic heterocycles. The van der Waals surface area contributed by atoms with Crippen molar-refractivity contribution in [2.24, 2.45) is 0 Å². The van der Waals surface area contributed by atoms with Gasteiger partial charge >= 0.3 is 6.18 Å². The second-order valence-corrected chi connectivity index (χ2v) is 10.4. The van der Waals surface area contributed by atoms with E-state index in [1.807, 2.05) is 4.90 Å².